The first-order valence-electron chi connectivity index (χ1n) is 7.45. The zero-order chi connectivity index (χ0) is 15.7. The number of aliphatic hydroxyl groups excluding tert-OH is 1. The second-order valence-electron chi connectivity index (χ2n) is 6.13. The van der Waals surface area contributed by atoms with Gasteiger partial charge in [-0.3, -0.25) is 14.5 Å². The van der Waals surface area contributed by atoms with Crippen LogP contribution in [0.5, 0.6) is 0 Å². The van der Waals surface area contributed by atoms with Crippen LogP contribution in [0.2, 0.25) is 0 Å². The number of aryl methyl sites for hydroxylation is 1. The number of carbonyl (C=O) groups excluding carboxylic acids is 2. The molecule has 0 radical (unpaired) electrons. The van der Waals surface area contributed by atoms with E-state index in [0.29, 0.717) is 17.8 Å². The first kappa shape index (κ1) is 15.9. The van der Waals surface area contributed by atoms with Gasteiger partial charge >= 0.3 is 0 Å². The molecular formula is C16H24N2O3. The van der Waals surface area contributed by atoms with Gasteiger partial charge in [0.1, 0.15) is 0 Å². The number of nitrogens with one attached hydrogen (secondary N) is 1. The summed E-state index contributed by atoms with van der Waals surface area (Å²) in [4.78, 5) is 29.2. The van der Waals surface area contributed by atoms with Crippen molar-refractivity contribution in [2.24, 2.45) is 5.92 Å². The fourth-order valence-corrected chi connectivity index (χ4v) is 3.24. The lowest BCUT2D eigenvalue weighted by Gasteiger charge is -2.16. The number of H-pyrrole nitrogens is 1. The highest BCUT2D eigenvalue weighted by atomic mass is 16.3. The van der Waals surface area contributed by atoms with E-state index in [9.17, 15) is 14.7 Å². The highest BCUT2D eigenvalue weighted by Gasteiger charge is 2.28. The van der Waals surface area contributed by atoms with Crippen molar-refractivity contribution in [2.45, 2.75) is 40.2 Å². The number of aromatic amines is 1. The predicted molar refractivity (Wildman–Crippen MR) is 80.8 cm³/mol. The molecule has 5 nitrogen and oxygen atoms in total. The number of nitrogens with zero attached hydrogens (tertiary/aromatic N) is 1. The summed E-state index contributed by atoms with van der Waals surface area (Å²) < 4.78 is 0. The maximum Gasteiger partial charge on any atom is 0.193 e. The second kappa shape index (κ2) is 6.12. The Hall–Kier alpha value is -1.46. The largest absolute Gasteiger partial charge is 0.393 e. The van der Waals surface area contributed by atoms with Gasteiger partial charge in [-0.05, 0) is 52.1 Å². The van der Waals surface area contributed by atoms with Crippen LogP contribution in [0.25, 0.3) is 0 Å². The van der Waals surface area contributed by atoms with Crippen molar-refractivity contribution in [3.8, 4) is 0 Å². The Balaban J connectivity index is 2.08. The van der Waals surface area contributed by atoms with E-state index in [2.05, 4.69) is 9.88 Å². The Kier molecular flexibility index (Phi) is 4.64. The molecule has 1 aliphatic rings. The van der Waals surface area contributed by atoms with Crippen LogP contribution in [-0.4, -0.2) is 52.3 Å². The average molecular weight is 292 g/mol. The summed E-state index contributed by atoms with van der Waals surface area (Å²) in [5, 5.41) is 9.61. The van der Waals surface area contributed by atoms with E-state index in [1.807, 2.05) is 13.8 Å². The van der Waals surface area contributed by atoms with Crippen LogP contribution >= 0.6 is 0 Å². The number of likely N-dealkylation sites (tertiary alicyclic amines) is 1. The monoisotopic (exact) mass is 292 g/mol. The number of Topliss-reactive ketones (excluding diaryl/α,β-unsaturated/α-hetero) is 2. The number of aromatic nitrogens is 1. The minimum absolute atomic E-state index is 0.00865. The van der Waals surface area contributed by atoms with E-state index in [4.69, 9.17) is 0 Å². The third-order valence-electron chi connectivity index (χ3n) is 4.43. The Morgan fingerprint density at radius 3 is 2.57 bits per heavy atom. The number of hydrogen-bond donors (Lipinski definition) is 2. The summed E-state index contributed by atoms with van der Waals surface area (Å²) in [5.74, 6) is 0.238. The minimum atomic E-state index is -0.330. The molecule has 0 saturated carbocycles. The Bertz CT molecular complexity index is 560. The average Bonchev–Trinajstić information content (AvgIpc) is 2.94. The molecule has 0 bridgehead atoms. The summed E-state index contributed by atoms with van der Waals surface area (Å²) >= 11 is 0. The molecular weight excluding hydrogens is 268 g/mol. The van der Waals surface area contributed by atoms with Crippen molar-refractivity contribution >= 4 is 11.6 Å². The SMILES string of the molecule is CC(=O)c1c(C)[nH]c(C(=O)CN2CCC(C(C)O)C2)c1C. The van der Waals surface area contributed by atoms with Crippen LogP contribution in [-0.2, 0) is 0 Å². The van der Waals surface area contributed by atoms with Crippen molar-refractivity contribution < 1.29 is 14.7 Å². The van der Waals surface area contributed by atoms with Gasteiger partial charge in [0.2, 0.25) is 0 Å². The second-order valence-corrected chi connectivity index (χ2v) is 6.13. The molecule has 0 spiro atoms. The summed E-state index contributed by atoms with van der Waals surface area (Å²) in [6.45, 7) is 8.87. The molecule has 116 valence electrons. The minimum Gasteiger partial charge on any atom is -0.393 e. The van der Waals surface area contributed by atoms with Crippen molar-refractivity contribution in [2.75, 3.05) is 19.6 Å². The van der Waals surface area contributed by atoms with Crippen LogP contribution in [0.1, 0.15) is 52.4 Å². The zero-order valence-electron chi connectivity index (χ0n) is 13.2. The molecule has 2 N–H and O–H groups in total. The van der Waals surface area contributed by atoms with Gasteiger partial charge in [-0.25, -0.2) is 0 Å². The van der Waals surface area contributed by atoms with E-state index in [0.717, 1.165) is 30.8 Å². The van der Waals surface area contributed by atoms with Crippen LogP contribution in [0.4, 0.5) is 0 Å². The molecule has 2 atom stereocenters. The molecule has 0 aromatic carbocycles. The normalized spacial score (nSPS) is 20.7. The topological polar surface area (TPSA) is 73.4 Å². The number of hydrogen-bond acceptors (Lipinski definition) is 4. The Morgan fingerprint density at radius 2 is 2.10 bits per heavy atom. The van der Waals surface area contributed by atoms with Crippen LogP contribution in [0, 0.1) is 19.8 Å². The van der Waals surface area contributed by atoms with Crippen molar-refractivity contribution in [1.29, 1.82) is 0 Å². The summed E-state index contributed by atoms with van der Waals surface area (Å²) in [6.07, 6.45) is 0.593. The van der Waals surface area contributed by atoms with Gasteiger partial charge in [0.15, 0.2) is 11.6 Å². The van der Waals surface area contributed by atoms with E-state index in [-0.39, 0.29) is 23.6 Å². The predicted octanol–water partition coefficient (Wildman–Crippen LogP) is 1.72. The molecule has 1 aromatic rings. The molecule has 5 heteroatoms. The third kappa shape index (κ3) is 3.24. The maximum atomic E-state index is 12.4. The maximum absolute atomic E-state index is 12.4. The third-order valence-corrected chi connectivity index (χ3v) is 4.43. The highest BCUT2D eigenvalue weighted by Crippen LogP contribution is 2.22. The van der Waals surface area contributed by atoms with Gasteiger partial charge < -0.3 is 10.1 Å². The lowest BCUT2D eigenvalue weighted by molar-refractivity contribution is 0.0920. The summed E-state index contributed by atoms with van der Waals surface area (Å²) in [6, 6.07) is 0. The van der Waals surface area contributed by atoms with Crippen LogP contribution in [0.3, 0.4) is 0 Å². The quantitative estimate of drug-likeness (QED) is 0.810. The van der Waals surface area contributed by atoms with Gasteiger partial charge in [0, 0.05) is 17.8 Å². The number of ketones is 2. The molecule has 2 unspecified atom stereocenters. The van der Waals surface area contributed by atoms with E-state index < -0.39 is 0 Å². The number of carbonyl (C=O) groups is 2. The Labute approximate surface area is 125 Å². The van der Waals surface area contributed by atoms with Crippen molar-refractivity contribution in [3.05, 3.63) is 22.5 Å². The van der Waals surface area contributed by atoms with Gasteiger partial charge in [0.25, 0.3) is 0 Å². The Morgan fingerprint density at radius 1 is 1.43 bits per heavy atom. The fraction of sp³-hybridized carbons (Fsp3) is 0.625. The molecule has 2 heterocycles. The van der Waals surface area contributed by atoms with Crippen LogP contribution < -0.4 is 0 Å². The van der Waals surface area contributed by atoms with Crippen LogP contribution in [0.15, 0.2) is 0 Å². The van der Waals surface area contributed by atoms with Crippen molar-refractivity contribution in [1.82, 2.24) is 9.88 Å². The lowest BCUT2D eigenvalue weighted by atomic mass is 10.0. The molecule has 1 aromatic heterocycles. The lowest BCUT2D eigenvalue weighted by Crippen LogP contribution is -2.30. The first-order valence-corrected chi connectivity index (χ1v) is 7.45. The molecule has 21 heavy (non-hydrogen) atoms. The van der Waals surface area contributed by atoms with E-state index in [1.165, 1.54) is 6.92 Å². The summed E-state index contributed by atoms with van der Waals surface area (Å²) in [7, 11) is 0. The zero-order valence-corrected chi connectivity index (χ0v) is 13.2. The van der Waals surface area contributed by atoms with Gasteiger partial charge in [-0.1, -0.05) is 0 Å². The van der Waals surface area contributed by atoms with Gasteiger partial charge in [-0.15, -0.1) is 0 Å². The smallest absolute Gasteiger partial charge is 0.193 e. The van der Waals surface area contributed by atoms with E-state index >= 15 is 0 Å². The van der Waals surface area contributed by atoms with E-state index in [1.54, 1.807) is 6.92 Å². The molecule has 1 fully saturated rings. The van der Waals surface area contributed by atoms with Gasteiger partial charge in [-0.2, -0.15) is 0 Å². The number of aliphatic hydroxyl groups is 1. The molecule has 1 aliphatic heterocycles. The molecule has 2 rings (SSSR count). The fourth-order valence-electron chi connectivity index (χ4n) is 3.24. The first-order chi connectivity index (χ1) is 9.81. The highest BCUT2D eigenvalue weighted by molar-refractivity contribution is 6.03. The molecule has 1 saturated heterocycles. The number of rotatable bonds is 5. The molecule has 0 aliphatic carbocycles. The van der Waals surface area contributed by atoms with Gasteiger partial charge in [0.05, 0.1) is 18.3 Å². The summed E-state index contributed by atoms with van der Waals surface area (Å²) in [5.41, 5.74) is 2.67. The van der Waals surface area contributed by atoms with Crippen molar-refractivity contribution in [3.63, 3.8) is 0 Å². The standard InChI is InChI=1S/C16H24N2O3/c1-9-15(12(4)20)10(2)17-16(9)14(21)8-18-6-5-13(7-18)11(3)19/h11,13,17,19H,5-8H2,1-4H3. The molecule has 0 amide bonds.